The van der Waals surface area contributed by atoms with E-state index in [-0.39, 0.29) is 17.7 Å². The van der Waals surface area contributed by atoms with Gasteiger partial charge in [-0.15, -0.1) is 0 Å². The summed E-state index contributed by atoms with van der Waals surface area (Å²) in [6, 6.07) is 11.2. The third kappa shape index (κ3) is 3.58. The zero-order chi connectivity index (χ0) is 14.5. The van der Waals surface area contributed by atoms with Gasteiger partial charge in [0.05, 0.1) is 4.90 Å². The first-order valence-electron chi connectivity index (χ1n) is 6.57. The molecule has 1 nitrogen and oxygen atoms in total. The summed E-state index contributed by atoms with van der Waals surface area (Å²) in [7, 11) is 0. The molecule has 0 saturated heterocycles. The summed E-state index contributed by atoms with van der Waals surface area (Å²) in [6.45, 7) is 4.84. The molecule has 20 heavy (non-hydrogen) atoms. The highest BCUT2D eigenvalue weighted by atomic mass is 32.2. The van der Waals surface area contributed by atoms with Crippen molar-refractivity contribution in [1.82, 2.24) is 5.32 Å². The molecule has 4 heteroatoms. The van der Waals surface area contributed by atoms with E-state index < -0.39 is 0 Å². The van der Waals surface area contributed by atoms with Crippen molar-refractivity contribution in [2.24, 2.45) is 0 Å². The first-order chi connectivity index (χ1) is 9.61. The highest BCUT2D eigenvalue weighted by molar-refractivity contribution is 7.99. The Labute approximate surface area is 122 Å². The first-order valence-corrected chi connectivity index (χ1v) is 7.38. The molecule has 2 rings (SSSR count). The van der Waals surface area contributed by atoms with Gasteiger partial charge in [-0.25, -0.2) is 8.78 Å². The van der Waals surface area contributed by atoms with Gasteiger partial charge in [0.15, 0.2) is 0 Å². The van der Waals surface area contributed by atoms with Gasteiger partial charge in [-0.1, -0.05) is 30.8 Å². The van der Waals surface area contributed by atoms with Crippen molar-refractivity contribution < 1.29 is 8.78 Å². The van der Waals surface area contributed by atoms with Crippen molar-refractivity contribution in [2.45, 2.75) is 29.7 Å². The number of hydrogen-bond donors (Lipinski definition) is 1. The van der Waals surface area contributed by atoms with E-state index >= 15 is 0 Å². The van der Waals surface area contributed by atoms with Crippen LogP contribution >= 0.6 is 11.8 Å². The van der Waals surface area contributed by atoms with E-state index in [1.165, 1.54) is 30.0 Å². The Bertz CT molecular complexity index is 569. The molecule has 0 heterocycles. The molecule has 2 aromatic rings. The summed E-state index contributed by atoms with van der Waals surface area (Å²) in [5, 5.41) is 3.28. The highest BCUT2D eigenvalue weighted by Crippen LogP contribution is 2.35. The molecule has 0 spiro atoms. The lowest BCUT2D eigenvalue weighted by molar-refractivity contribution is 0.558. The molecule has 0 aromatic heterocycles. The fraction of sp³-hybridized carbons (Fsp3) is 0.250. The third-order valence-corrected chi connectivity index (χ3v) is 4.15. The van der Waals surface area contributed by atoms with E-state index in [1.54, 1.807) is 18.2 Å². The lowest BCUT2D eigenvalue weighted by Crippen LogP contribution is -2.18. The van der Waals surface area contributed by atoms with Gasteiger partial charge < -0.3 is 5.32 Å². The summed E-state index contributed by atoms with van der Waals surface area (Å²) in [4.78, 5) is 1.41. The Morgan fingerprint density at radius 2 is 1.80 bits per heavy atom. The third-order valence-electron chi connectivity index (χ3n) is 3.01. The maximum absolute atomic E-state index is 14.1. The average molecular weight is 293 g/mol. The topological polar surface area (TPSA) is 12.0 Å². The van der Waals surface area contributed by atoms with Crippen molar-refractivity contribution in [3.63, 3.8) is 0 Å². The second-order valence-corrected chi connectivity index (χ2v) is 5.58. The lowest BCUT2D eigenvalue weighted by atomic mass is 10.1. The Hall–Kier alpha value is -1.39. The molecular formula is C16H17F2NS. The molecule has 0 aliphatic carbocycles. The van der Waals surface area contributed by atoms with E-state index in [1.807, 2.05) is 19.9 Å². The fourth-order valence-electron chi connectivity index (χ4n) is 2.01. The van der Waals surface area contributed by atoms with E-state index in [9.17, 15) is 8.78 Å². The van der Waals surface area contributed by atoms with Gasteiger partial charge in [-0.2, -0.15) is 0 Å². The number of halogens is 2. The predicted octanol–water partition coefficient (Wildman–Crippen LogP) is 4.79. The molecule has 0 radical (unpaired) electrons. The maximum atomic E-state index is 14.1. The Kier molecular flexibility index (Phi) is 5.15. The van der Waals surface area contributed by atoms with Crippen molar-refractivity contribution in [3.8, 4) is 0 Å². The van der Waals surface area contributed by atoms with E-state index in [4.69, 9.17) is 0 Å². The van der Waals surface area contributed by atoms with Gasteiger partial charge in [-0.05, 0) is 49.4 Å². The van der Waals surface area contributed by atoms with Gasteiger partial charge in [0, 0.05) is 10.9 Å². The van der Waals surface area contributed by atoms with Crippen LogP contribution in [0.15, 0.2) is 52.3 Å². The zero-order valence-electron chi connectivity index (χ0n) is 11.5. The largest absolute Gasteiger partial charge is 0.310 e. The quantitative estimate of drug-likeness (QED) is 0.851. The van der Waals surface area contributed by atoms with Gasteiger partial charge >= 0.3 is 0 Å². The molecule has 0 fully saturated rings. The van der Waals surface area contributed by atoms with E-state index in [2.05, 4.69) is 5.32 Å². The maximum Gasteiger partial charge on any atom is 0.137 e. The number of benzene rings is 2. The van der Waals surface area contributed by atoms with E-state index in [0.717, 1.165) is 17.0 Å². The molecule has 0 aliphatic heterocycles. The van der Waals surface area contributed by atoms with Crippen LogP contribution in [-0.2, 0) is 0 Å². The van der Waals surface area contributed by atoms with Gasteiger partial charge in [0.1, 0.15) is 11.6 Å². The average Bonchev–Trinajstić information content (AvgIpc) is 2.43. The molecule has 0 bridgehead atoms. The Morgan fingerprint density at radius 3 is 2.45 bits per heavy atom. The van der Waals surface area contributed by atoms with Crippen molar-refractivity contribution in [3.05, 3.63) is 59.7 Å². The number of hydrogen-bond acceptors (Lipinski definition) is 2. The second kappa shape index (κ2) is 6.86. The molecule has 106 valence electrons. The molecule has 0 aliphatic rings. The summed E-state index contributed by atoms with van der Waals surface area (Å²) in [5.74, 6) is -0.536. The lowest BCUT2D eigenvalue weighted by Gasteiger charge is -2.17. The molecule has 2 aromatic carbocycles. The molecule has 0 saturated carbocycles. The van der Waals surface area contributed by atoms with Crippen LogP contribution in [0.1, 0.15) is 25.5 Å². The first kappa shape index (κ1) is 15.0. The zero-order valence-corrected chi connectivity index (χ0v) is 12.3. The van der Waals surface area contributed by atoms with E-state index in [0.29, 0.717) is 4.90 Å². The molecule has 0 amide bonds. The van der Waals surface area contributed by atoms with Crippen molar-refractivity contribution >= 4 is 11.8 Å². The SMILES string of the molecule is CCNC(C)c1cccc(F)c1Sc1ccc(F)cc1. The minimum atomic E-state index is -0.288. The summed E-state index contributed by atoms with van der Waals surface area (Å²) in [6.07, 6.45) is 0. The van der Waals surface area contributed by atoms with Gasteiger partial charge in [0.2, 0.25) is 0 Å². The van der Waals surface area contributed by atoms with Crippen LogP contribution < -0.4 is 5.32 Å². The van der Waals surface area contributed by atoms with Crippen LogP contribution in [0.2, 0.25) is 0 Å². The van der Waals surface area contributed by atoms with Crippen LogP contribution in [0.4, 0.5) is 8.78 Å². The van der Waals surface area contributed by atoms with Crippen molar-refractivity contribution in [2.75, 3.05) is 6.54 Å². The monoisotopic (exact) mass is 293 g/mol. The number of rotatable bonds is 5. The minimum Gasteiger partial charge on any atom is -0.310 e. The number of nitrogens with one attached hydrogen (secondary N) is 1. The van der Waals surface area contributed by atoms with Gasteiger partial charge in [-0.3, -0.25) is 0 Å². The molecular weight excluding hydrogens is 276 g/mol. The van der Waals surface area contributed by atoms with Crippen LogP contribution in [0.25, 0.3) is 0 Å². The van der Waals surface area contributed by atoms with Gasteiger partial charge in [0.25, 0.3) is 0 Å². The Balaban J connectivity index is 2.32. The van der Waals surface area contributed by atoms with Crippen molar-refractivity contribution in [1.29, 1.82) is 0 Å². The standard InChI is InChI=1S/C16H17F2NS/c1-3-19-11(2)14-5-4-6-15(18)16(14)20-13-9-7-12(17)8-10-13/h4-11,19H,3H2,1-2H3. The van der Waals surface area contributed by atoms with Crippen LogP contribution in [-0.4, -0.2) is 6.54 Å². The van der Waals surface area contributed by atoms with Crippen LogP contribution in [0.5, 0.6) is 0 Å². The Morgan fingerprint density at radius 1 is 1.10 bits per heavy atom. The summed E-state index contributed by atoms with van der Waals surface area (Å²) in [5.41, 5.74) is 0.918. The normalized spacial score (nSPS) is 12.4. The summed E-state index contributed by atoms with van der Waals surface area (Å²) < 4.78 is 27.0. The van der Waals surface area contributed by atoms with Crippen LogP contribution in [0, 0.1) is 11.6 Å². The molecule has 1 atom stereocenters. The molecule has 1 N–H and O–H groups in total. The summed E-state index contributed by atoms with van der Waals surface area (Å²) >= 11 is 1.32. The fourth-order valence-corrected chi connectivity index (χ4v) is 3.05. The minimum absolute atomic E-state index is 0.0682. The predicted molar refractivity (Wildman–Crippen MR) is 79.0 cm³/mol. The highest BCUT2D eigenvalue weighted by Gasteiger charge is 2.14. The molecule has 1 unspecified atom stereocenters. The van der Waals surface area contributed by atoms with Crippen LogP contribution in [0.3, 0.4) is 0 Å². The smallest absolute Gasteiger partial charge is 0.137 e. The second-order valence-electron chi connectivity index (χ2n) is 4.49.